The summed E-state index contributed by atoms with van der Waals surface area (Å²) < 4.78 is 27.6. The molecule has 2 aromatic rings. The van der Waals surface area contributed by atoms with Crippen LogP contribution in [-0.4, -0.2) is 50.3 Å². The van der Waals surface area contributed by atoms with Gasteiger partial charge in [0, 0.05) is 43.2 Å². The van der Waals surface area contributed by atoms with E-state index in [-0.39, 0.29) is 5.41 Å². The molecular weight excluding hydrogens is 416 g/mol. The van der Waals surface area contributed by atoms with Crippen LogP contribution in [0.1, 0.15) is 17.5 Å². The summed E-state index contributed by atoms with van der Waals surface area (Å²) in [6.07, 6.45) is 9.59. The molecule has 0 saturated carbocycles. The molecule has 4 nitrogen and oxygen atoms in total. The molecule has 0 radical (unpaired) electrons. The van der Waals surface area contributed by atoms with E-state index in [0.29, 0.717) is 18.0 Å². The van der Waals surface area contributed by atoms with Crippen LogP contribution in [0.2, 0.25) is 5.02 Å². The smallest absolute Gasteiger partial charge is 0.243 e. The molecule has 0 spiro atoms. The molecule has 4 rings (SSSR count). The summed E-state index contributed by atoms with van der Waals surface area (Å²) in [6, 6.07) is 15.2. The van der Waals surface area contributed by atoms with E-state index in [2.05, 4.69) is 41.3 Å². The lowest BCUT2D eigenvalue weighted by Crippen LogP contribution is -2.52. The number of allylic oxidation sites excluding steroid dienone is 3. The molecular formula is C24H27ClN2O2S. The highest BCUT2D eigenvalue weighted by Gasteiger charge is 2.35. The molecule has 2 aromatic carbocycles. The Bertz CT molecular complexity index is 1040. The average Bonchev–Trinajstić information content (AvgIpc) is 2.75. The molecule has 6 heteroatoms. The fourth-order valence-corrected chi connectivity index (χ4v) is 5.80. The standard InChI is InChI=1S/C24H27ClN2O2S/c1-20-5-11-23(12-6-20)30(28,29)27-17-15-26(16-18-27)19-24(13-3-2-4-14-24)21-7-9-22(25)10-8-21/h2-13H,14-19H2,1H3/t24-/m1/s1. The second-order valence-electron chi connectivity index (χ2n) is 8.15. The fourth-order valence-electron chi connectivity index (χ4n) is 4.26. The highest BCUT2D eigenvalue weighted by atomic mass is 35.5. The van der Waals surface area contributed by atoms with Crippen LogP contribution >= 0.6 is 11.6 Å². The molecule has 1 atom stereocenters. The van der Waals surface area contributed by atoms with Crippen molar-refractivity contribution in [3.63, 3.8) is 0 Å². The van der Waals surface area contributed by atoms with Crippen molar-refractivity contribution in [3.8, 4) is 0 Å². The van der Waals surface area contributed by atoms with Gasteiger partial charge in [-0.25, -0.2) is 8.42 Å². The summed E-state index contributed by atoms with van der Waals surface area (Å²) in [5.74, 6) is 0. The minimum absolute atomic E-state index is 0.114. The number of hydrogen-bond acceptors (Lipinski definition) is 3. The molecule has 1 fully saturated rings. The zero-order chi connectivity index (χ0) is 21.2. The van der Waals surface area contributed by atoms with Crippen molar-refractivity contribution in [2.45, 2.75) is 23.7 Å². The van der Waals surface area contributed by atoms with Gasteiger partial charge in [0.05, 0.1) is 4.90 Å². The van der Waals surface area contributed by atoms with Crippen molar-refractivity contribution in [1.82, 2.24) is 9.21 Å². The SMILES string of the molecule is Cc1ccc(S(=O)(=O)N2CCN(C[C@@]3(c4ccc(Cl)cc4)C=CC=CC3)CC2)cc1. The Morgan fingerprint density at radius 1 is 0.933 bits per heavy atom. The third-order valence-corrected chi connectivity index (χ3v) is 8.22. The van der Waals surface area contributed by atoms with Crippen LogP contribution in [0.4, 0.5) is 0 Å². The van der Waals surface area contributed by atoms with Gasteiger partial charge in [0.25, 0.3) is 0 Å². The van der Waals surface area contributed by atoms with Gasteiger partial charge in [-0.15, -0.1) is 0 Å². The van der Waals surface area contributed by atoms with Gasteiger partial charge in [0.2, 0.25) is 10.0 Å². The lowest BCUT2D eigenvalue weighted by molar-refractivity contribution is 0.163. The maximum atomic E-state index is 13.0. The van der Waals surface area contributed by atoms with E-state index in [1.165, 1.54) is 5.56 Å². The third-order valence-electron chi connectivity index (χ3n) is 6.06. The van der Waals surface area contributed by atoms with Gasteiger partial charge in [-0.05, 0) is 43.2 Å². The maximum absolute atomic E-state index is 13.0. The lowest BCUT2D eigenvalue weighted by atomic mass is 9.75. The van der Waals surface area contributed by atoms with Gasteiger partial charge in [0.1, 0.15) is 0 Å². The molecule has 0 N–H and O–H groups in total. The van der Waals surface area contributed by atoms with Crippen LogP contribution < -0.4 is 0 Å². The van der Waals surface area contributed by atoms with Gasteiger partial charge < -0.3 is 0 Å². The van der Waals surface area contributed by atoms with Crippen molar-refractivity contribution in [1.29, 1.82) is 0 Å². The molecule has 2 aliphatic rings. The quantitative estimate of drug-likeness (QED) is 0.688. The van der Waals surface area contributed by atoms with Crippen LogP contribution in [-0.2, 0) is 15.4 Å². The summed E-state index contributed by atoms with van der Waals surface area (Å²) in [6.45, 7) is 5.27. The molecule has 0 amide bonds. The van der Waals surface area contributed by atoms with Crippen molar-refractivity contribution in [2.75, 3.05) is 32.7 Å². The van der Waals surface area contributed by atoms with Crippen LogP contribution in [0, 0.1) is 6.92 Å². The predicted octanol–water partition coefficient (Wildman–Crippen LogP) is 4.41. The van der Waals surface area contributed by atoms with Gasteiger partial charge >= 0.3 is 0 Å². The lowest BCUT2D eigenvalue weighted by Gasteiger charge is -2.41. The first-order chi connectivity index (χ1) is 14.4. The fraction of sp³-hybridized carbons (Fsp3) is 0.333. The average molecular weight is 443 g/mol. The zero-order valence-corrected chi connectivity index (χ0v) is 18.7. The van der Waals surface area contributed by atoms with Gasteiger partial charge in [-0.1, -0.05) is 65.7 Å². The summed E-state index contributed by atoms with van der Waals surface area (Å²) in [5.41, 5.74) is 2.18. The number of sulfonamides is 1. The number of benzene rings is 2. The molecule has 158 valence electrons. The second kappa shape index (κ2) is 8.67. The zero-order valence-electron chi connectivity index (χ0n) is 17.2. The second-order valence-corrected chi connectivity index (χ2v) is 10.5. The largest absolute Gasteiger partial charge is 0.300 e. The minimum atomic E-state index is -3.44. The topological polar surface area (TPSA) is 40.6 Å². The Kier molecular flexibility index (Phi) is 6.16. The third kappa shape index (κ3) is 4.40. The highest BCUT2D eigenvalue weighted by Crippen LogP contribution is 2.35. The molecule has 0 bridgehead atoms. The highest BCUT2D eigenvalue weighted by molar-refractivity contribution is 7.89. The molecule has 1 aliphatic carbocycles. The number of halogens is 1. The van der Waals surface area contributed by atoms with E-state index in [1.807, 2.05) is 31.2 Å². The number of hydrogen-bond donors (Lipinski definition) is 0. The summed E-state index contributed by atoms with van der Waals surface area (Å²) >= 11 is 6.10. The van der Waals surface area contributed by atoms with Crippen LogP contribution in [0.15, 0.2) is 77.7 Å². The van der Waals surface area contributed by atoms with Crippen molar-refractivity contribution in [3.05, 3.63) is 89.0 Å². The first-order valence-electron chi connectivity index (χ1n) is 10.3. The number of piperazine rings is 1. The first-order valence-corrected chi connectivity index (χ1v) is 12.1. The summed E-state index contributed by atoms with van der Waals surface area (Å²) in [4.78, 5) is 2.75. The van der Waals surface area contributed by atoms with E-state index in [9.17, 15) is 8.42 Å². The number of aryl methyl sites for hydroxylation is 1. The van der Waals surface area contributed by atoms with E-state index >= 15 is 0 Å². The Hall–Kier alpha value is -1.92. The van der Waals surface area contributed by atoms with Gasteiger partial charge in [-0.3, -0.25) is 4.90 Å². The Morgan fingerprint density at radius 3 is 2.20 bits per heavy atom. The van der Waals surface area contributed by atoms with Crippen LogP contribution in [0.3, 0.4) is 0 Å². The molecule has 30 heavy (non-hydrogen) atoms. The van der Waals surface area contributed by atoms with E-state index in [1.54, 1.807) is 16.4 Å². The Morgan fingerprint density at radius 2 is 1.60 bits per heavy atom. The maximum Gasteiger partial charge on any atom is 0.243 e. The summed E-state index contributed by atoms with van der Waals surface area (Å²) in [5, 5.41) is 0.735. The molecule has 1 heterocycles. The van der Waals surface area contributed by atoms with Crippen LogP contribution in [0.5, 0.6) is 0 Å². The number of nitrogens with zero attached hydrogens (tertiary/aromatic N) is 2. The van der Waals surface area contributed by atoms with Gasteiger partial charge in [0.15, 0.2) is 0 Å². The van der Waals surface area contributed by atoms with Crippen molar-refractivity contribution in [2.24, 2.45) is 0 Å². The van der Waals surface area contributed by atoms with E-state index < -0.39 is 10.0 Å². The summed E-state index contributed by atoms with van der Waals surface area (Å²) in [7, 11) is -3.44. The Balaban J connectivity index is 1.47. The minimum Gasteiger partial charge on any atom is -0.300 e. The molecule has 1 aliphatic heterocycles. The first kappa shape index (κ1) is 21.3. The monoisotopic (exact) mass is 442 g/mol. The Labute approximate surface area is 184 Å². The van der Waals surface area contributed by atoms with Gasteiger partial charge in [-0.2, -0.15) is 4.31 Å². The normalized spacial score (nSPS) is 23.0. The van der Waals surface area contributed by atoms with E-state index in [0.717, 1.165) is 36.6 Å². The van der Waals surface area contributed by atoms with Crippen molar-refractivity contribution >= 4 is 21.6 Å². The molecule has 1 saturated heterocycles. The predicted molar refractivity (Wildman–Crippen MR) is 122 cm³/mol. The number of rotatable bonds is 5. The van der Waals surface area contributed by atoms with Crippen LogP contribution in [0.25, 0.3) is 0 Å². The molecule has 0 aromatic heterocycles. The molecule has 0 unspecified atom stereocenters. The van der Waals surface area contributed by atoms with Crippen molar-refractivity contribution < 1.29 is 8.42 Å². The van der Waals surface area contributed by atoms with E-state index in [4.69, 9.17) is 11.6 Å².